The molecule has 2 aromatic rings. The molecule has 20 heavy (non-hydrogen) atoms. The minimum absolute atomic E-state index is 0.127. The predicted octanol–water partition coefficient (Wildman–Crippen LogP) is 4.42. The summed E-state index contributed by atoms with van der Waals surface area (Å²) in [5.41, 5.74) is 1.92. The van der Waals surface area contributed by atoms with Crippen molar-refractivity contribution in [2.75, 3.05) is 13.2 Å². The first-order chi connectivity index (χ1) is 9.66. The summed E-state index contributed by atoms with van der Waals surface area (Å²) < 4.78 is 7.64. The summed E-state index contributed by atoms with van der Waals surface area (Å²) in [6.45, 7) is 4.63. The number of fused-ring (bicyclic) bond motifs is 1. The Hall–Kier alpha value is -0.770. The number of hydrogen-bond acceptors (Lipinski definition) is 2. The van der Waals surface area contributed by atoms with E-state index in [1.807, 2.05) is 19.1 Å². The van der Waals surface area contributed by atoms with Crippen LogP contribution in [0, 0.1) is 5.92 Å². The zero-order valence-corrected chi connectivity index (χ0v) is 13.0. The molecule has 0 radical (unpaired) electrons. The highest BCUT2D eigenvalue weighted by atomic mass is 35.5. The molecule has 5 heteroatoms. The van der Waals surface area contributed by atoms with E-state index >= 15 is 0 Å². The minimum Gasteiger partial charge on any atom is -0.381 e. The van der Waals surface area contributed by atoms with Crippen molar-refractivity contribution in [1.29, 1.82) is 0 Å². The average molecular weight is 313 g/mol. The van der Waals surface area contributed by atoms with Gasteiger partial charge in [0.05, 0.1) is 15.9 Å². The molecule has 1 fully saturated rings. The van der Waals surface area contributed by atoms with E-state index in [-0.39, 0.29) is 5.38 Å². The van der Waals surface area contributed by atoms with Crippen molar-refractivity contribution in [1.82, 2.24) is 9.55 Å². The number of imidazole rings is 1. The number of halogens is 2. The molecular weight excluding hydrogens is 295 g/mol. The third kappa shape index (κ3) is 2.67. The van der Waals surface area contributed by atoms with E-state index in [0.29, 0.717) is 10.9 Å². The highest BCUT2D eigenvalue weighted by Crippen LogP contribution is 2.30. The van der Waals surface area contributed by atoms with Gasteiger partial charge in [-0.05, 0) is 37.8 Å². The zero-order chi connectivity index (χ0) is 14.1. The summed E-state index contributed by atoms with van der Waals surface area (Å²) >= 11 is 12.5. The van der Waals surface area contributed by atoms with Gasteiger partial charge in [0, 0.05) is 19.8 Å². The maximum atomic E-state index is 6.28. The molecule has 3 rings (SSSR count). The molecule has 2 unspecified atom stereocenters. The highest BCUT2D eigenvalue weighted by molar-refractivity contribution is 6.35. The number of aryl methyl sites for hydroxylation is 1. The Kier molecular flexibility index (Phi) is 4.20. The monoisotopic (exact) mass is 312 g/mol. The number of ether oxygens (including phenoxy) is 1. The van der Waals surface area contributed by atoms with Gasteiger partial charge in [0.1, 0.15) is 11.3 Å². The van der Waals surface area contributed by atoms with Crippen LogP contribution in [-0.2, 0) is 11.3 Å². The van der Waals surface area contributed by atoms with Crippen LogP contribution in [0.5, 0.6) is 0 Å². The fraction of sp³-hybridized carbons (Fsp3) is 0.533. The first-order valence-corrected chi connectivity index (χ1v) is 7.84. The lowest BCUT2D eigenvalue weighted by Gasteiger charge is -2.13. The molecule has 0 bridgehead atoms. The molecule has 0 spiro atoms. The number of rotatable bonds is 4. The maximum absolute atomic E-state index is 6.28. The van der Waals surface area contributed by atoms with Gasteiger partial charge in [-0.25, -0.2) is 4.98 Å². The Labute approximate surface area is 128 Å². The van der Waals surface area contributed by atoms with Gasteiger partial charge in [0.25, 0.3) is 0 Å². The van der Waals surface area contributed by atoms with Crippen LogP contribution in [0.3, 0.4) is 0 Å². The van der Waals surface area contributed by atoms with Gasteiger partial charge in [-0.2, -0.15) is 0 Å². The van der Waals surface area contributed by atoms with E-state index in [1.165, 1.54) is 0 Å². The quantitative estimate of drug-likeness (QED) is 0.782. The van der Waals surface area contributed by atoms with Crippen molar-refractivity contribution < 1.29 is 4.74 Å². The molecular formula is C15H18Cl2N2O. The van der Waals surface area contributed by atoms with Gasteiger partial charge in [0.2, 0.25) is 0 Å². The lowest BCUT2D eigenvalue weighted by Crippen LogP contribution is -2.09. The second kappa shape index (κ2) is 5.92. The molecule has 0 N–H and O–H groups in total. The van der Waals surface area contributed by atoms with Crippen molar-refractivity contribution in [3.05, 3.63) is 29.0 Å². The van der Waals surface area contributed by atoms with Gasteiger partial charge < -0.3 is 9.30 Å². The summed E-state index contributed by atoms with van der Waals surface area (Å²) in [6, 6.07) is 5.89. The summed E-state index contributed by atoms with van der Waals surface area (Å²) in [5.74, 6) is 1.54. The Morgan fingerprint density at radius 3 is 3.05 bits per heavy atom. The number of aromatic nitrogens is 2. The van der Waals surface area contributed by atoms with E-state index in [0.717, 1.165) is 49.5 Å². The summed E-state index contributed by atoms with van der Waals surface area (Å²) in [4.78, 5) is 4.62. The third-order valence-electron chi connectivity index (χ3n) is 3.90. The molecule has 0 amide bonds. The number of benzene rings is 1. The highest BCUT2D eigenvalue weighted by Gasteiger charge is 2.19. The molecule has 1 saturated heterocycles. The zero-order valence-electron chi connectivity index (χ0n) is 11.5. The van der Waals surface area contributed by atoms with E-state index in [9.17, 15) is 0 Å². The molecule has 1 aliphatic heterocycles. The van der Waals surface area contributed by atoms with Crippen LogP contribution in [0.1, 0.15) is 31.0 Å². The Bertz CT molecular complexity index is 603. The van der Waals surface area contributed by atoms with Gasteiger partial charge >= 0.3 is 0 Å². The van der Waals surface area contributed by atoms with Crippen LogP contribution in [0.2, 0.25) is 5.02 Å². The second-order valence-corrected chi connectivity index (χ2v) is 6.43. The van der Waals surface area contributed by atoms with E-state index in [2.05, 4.69) is 15.6 Å². The number of hydrogen-bond donors (Lipinski definition) is 0. The number of para-hydroxylation sites is 1. The fourth-order valence-electron chi connectivity index (χ4n) is 2.79. The lowest BCUT2D eigenvalue weighted by atomic mass is 10.1. The smallest absolute Gasteiger partial charge is 0.127 e. The van der Waals surface area contributed by atoms with Crippen LogP contribution in [0.4, 0.5) is 0 Å². The SMILES string of the molecule is CC(Cl)c1nc2c(Cl)cccc2n1CCC1CCOC1. The molecule has 2 atom stereocenters. The van der Waals surface area contributed by atoms with Gasteiger partial charge in [-0.15, -0.1) is 11.6 Å². The van der Waals surface area contributed by atoms with Crippen molar-refractivity contribution in [3.63, 3.8) is 0 Å². The Morgan fingerprint density at radius 1 is 1.50 bits per heavy atom. The second-order valence-electron chi connectivity index (χ2n) is 5.36. The lowest BCUT2D eigenvalue weighted by molar-refractivity contribution is 0.183. The van der Waals surface area contributed by atoms with Crippen LogP contribution in [0.15, 0.2) is 18.2 Å². The first-order valence-electron chi connectivity index (χ1n) is 7.03. The largest absolute Gasteiger partial charge is 0.381 e. The first kappa shape index (κ1) is 14.2. The van der Waals surface area contributed by atoms with Crippen molar-refractivity contribution in [2.24, 2.45) is 5.92 Å². The fourth-order valence-corrected chi connectivity index (χ4v) is 3.17. The van der Waals surface area contributed by atoms with Crippen LogP contribution in [-0.4, -0.2) is 22.8 Å². The van der Waals surface area contributed by atoms with E-state index in [4.69, 9.17) is 27.9 Å². The average Bonchev–Trinajstić information content (AvgIpc) is 3.03. The Balaban J connectivity index is 1.94. The van der Waals surface area contributed by atoms with Crippen molar-refractivity contribution in [3.8, 4) is 0 Å². The predicted molar refractivity (Wildman–Crippen MR) is 82.6 cm³/mol. The van der Waals surface area contributed by atoms with E-state index < -0.39 is 0 Å². The minimum atomic E-state index is -0.127. The van der Waals surface area contributed by atoms with Gasteiger partial charge in [-0.1, -0.05) is 17.7 Å². The standard InChI is InChI=1S/C15H18Cl2N2O/c1-10(16)15-18-14-12(17)3-2-4-13(14)19(15)7-5-11-6-8-20-9-11/h2-4,10-11H,5-9H2,1H3. The molecule has 1 aromatic carbocycles. The maximum Gasteiger partial charge on any atom is 0.127 e. The summed E-state index contributed by atoms with van der Waals surface area (Å²) in [7, 11) is 0. The van der Waals surface area contributed by atoms with Crippen LogP contribution < -0.4 is 0 Å². The van der Waals surface area contributed by atoms with Gasteiger partial charge in [-0.3, -0.25) is 0 Å². The molecule has 1 aromatic heterocycles. The summed E-state index contributed by atoms with van der Waals surface area (Å²) in [6.07, 6.45) is 2.24. The molecule has 2 heterocycles. The number of nitrogens with zero attached hydrogens (tertiary/aromatic N) is 2. The Morgan fingerprint density at radius 2 is 2.35 bits per heavy atom. The normalized spacial score (nSPS) is 20.6. The van der Waals surface area contributed by atoms with Crippen LogP contribution >= 0.6 is 23.2 Å². The topological polar surface area (TPSA) is 27.1 Å². The molecule has 1 aliphatic rings. The van der Waals surface area contributed by atoms with Crippen LogP contribution in [0.25, 0.3) is 11.0 Å². The third-order valence-corrected chi connectivity index (χ3v) is 4.40. The van der Waals surface area contributed by atoms with E-state index in [1.54, 1.807) is 0 Å². The van der Waals surface area contributed by atoms with Crippen molar-refractivity contribution >= 4 is 34.2 Å². The molecule has 0 saturated carbocycles. The van der Waals surface area contributed by atoms with Gasteiger partial charge in [0.15, 0.2) is 0 Å². The molecule has 0 aliphatic carbocycles. The summed E-state index contributed by atoms with van der Waals surface area (Å²) in [5, 5.41) is 0.558. The molecule has 108 valence electrons. The van der Waals surface area contributed by atoms with Crippen molar-refractivity contribution in [2.45, 2.75) is 31.7 Å². The molecule has 3 nitrogen and oxygen atoms in total. The number of alkyl halides is 1.